The fraction of sp³-hybridized carbons (Fsp3) is 0.625. The van der Waals surface area contributed by atoms with Crippen LogP contribution in [-0.4, -0.2) is 46.9 Å². The molecule has 0 spiro atoms. The summed E-state index contributed by atoms with van der Waals surface area (Å²) in [6.45, 7) is 8.43. The summed E-state index contributed by atoms with van der Waals surface area (Å²) in [5, 5.41) is 0. The highest BCUT2D eigenvalue weighted by Crippen LogP contribution is 2.20. The molecule has 1 amide bonds. The van der Waals surface area contributed by atoms with Crippen LogP contribution < -0.4 is 0 Å². The number of aromatic nitrogens is 1. The van der Waals surface area contributed by atoms with Gasteiger partial charge in [0, 0.05) is 26.2 Å². The average Bonchev–Trinajstić information content (AvgIpc) is 2.48. The summed E-state index contributed by atoms with van der Waals surface area (Å²) in [7, 11) is 0. The number of amides is 1. The molecule has 0 saturated carbocycles. The van der Waals surface area contributed by atoms with Gasteiger partial charge in [-0.3, -0.25) is 9.69 Å². The van der Waals surface area contributed by atoms with Crippen molar-refractivity contribution in [1.29, 1.82) is 0 Å². The molecule has 0 radical (unpaired) electrons. The SMILES string of the molecule is CCN(CC)C(=O)C1CCCN(Cc2cccc(Br)n2)C1. The highest BCUT2D eigenvalue weighted by atomic mass is 79.9. The molecule has 4 nitrogen and oxygen atoms in total. The maximum absolute atomic E-state index is 12.5. The van der Waals surface area contributed by atoms with Gasteiger partial charge >= 0.3 is 0 Å². The molecule has 1 saturated heterocycles. The predicted molar refractivity (Wildman–Crippen MR) is 87.9 cm³/mol. The lowest BCUT2D eigenvalue weighted by Gasteiger charge is -2.34. The van der Waals surface area contributed by atoms with Crippen LogP contribution in [0.3, 0.4) is 0 Å². The summed E-state index contributed by atoms with van der Waals surface area (Å²) >= 11 is 3.41. The van der Waals surface area contributed by atoms with Gasteiger partial charge < -0.3 is 4.90 Å². The van der Waals surface area contributed by atoms with E-state index in [1.54, 1.807) is 0 Å². The van der Waals surface area contributed by atoms with Crippen molar-refractivity contribution in [2.75, 3.05) is 26.2 Å². The van der Waals surface area contributed by atoms with Gasteiger partial charge in [-0.25, -0.2) is 4.98 Å². The molecule has 1 aromatic heterocycles. The van der Waals surface area contributed by atoms with Crippen LogP contribution in [0.5, 0.6) is 0 Å². The number of nitrogens with zero attached hydrogens (tertiary/aromatic N) is 3. The van der Waals surface area contributed by atoms with Gasteiger partial charge in [0.05, 0.1) is 11.6 Å². The smallest absolute Gasteiger partial charge is 0.226 e. The first-order valence-electron chi connectivity index (χ1n) is 7.76. The van der Waals surface area contributed by atoms with E-state index in [9.17, 15) is 4.79 Å². The van der Waals surface area contributed by atoms with Crippen LogP contribution in [0.15, 0.2) is 22.8 Å². The molecule has 1 unspecified atom stereocenters. The Bertz CT molecular complexity index is 476. The number of halogens is 1. The van der Waals surface area contributed by atoms with Gasteiger partial charge in [0.2, 0.25) is 5.91 Å². The molecule has 1 fully saturated rings. The van der Waals surface area contributed by atoms with Gasteiger partial charge in [0.25, 0.3) is 0 Å². The number of rotatable bonds is 5. The third-order valence-electron chi connectivity index (χ3n) is 4.09. The first-order chi connectivity index (χ1) is 10.1. The van der Waals surface area contributed by atoms with Crippen LogP contribution in [0.4, 0.5) is 0 Å². The van der Waals surface area contributed by atoms with E-state index in [-0.39, 0.29) is 5.92 Å². The molecule has 0 bridgehead atoms. The summed E-state index contributed by atoms with van der Waals surface area (Å²) < 4.78 is 0.868. The van der Waals surface area contributed by atoms with E-state index in [0.29, 0.717) is 5.91 Å². The second-order valence-corrected chi connectivity index (χ2v) is 6.35. The fourth-order valence-electron chi connectivity index (χ4n) is 2.96. The zero-order valence-corrected chi connectivity index (χ0v) is 14.5. The van der Waals surface area contributed by atoms with Crippen molar-refractivity contribution in [3.63, 3.8) is 0 Å². The first-order valence-corrected chi connectivity index (χ1v) is 8.56. The standard InChI is InChI=1S/C16H24BrN3O/c1-3-20(4-2)16(21)13-7-6-10-19(11-13)12-14-8-5-9-15(17)18-14/h5,8-9,13H,3-4,6-7,10-12H2,1-2H3. The Morgan fingerprint density at radius 1 is 1.43 bits per heavy atom. The summed E-state index contributed by atoms with van der Waals surface area (Å²) in [4.78, 5) is 21.3. The lowest BCUT2D eigenvalue weighted by atomic mass is 9.96. The van der Waals surface area contributed by atoms with Crippen molar-refractivity contribution in [3.8, 4) is 0 Å². The minimum absolute atomic E-state index is 0.144. The Hall–Kier alpha value is -0.940. The highest BCUT2D eigenvalue weighted by Gasteiger charge is 2.28. The zero-order valence-electron chi connectivity index (χ0n) is 12.9. The molecule has 116 valence electrons. The second kappa shape index (κ2) is 7.90. The Labute approximate surface area is 135 Å². The molecule has 0 aromatic carbocycles. The monoisotopic (exact) mass is 353 g/mol. The number of likely N-dealkylation sites (tertiary alicyclic amines) is 1. The van der Waals surface area contributed by atoms with E-state index < -0.39 is 0 Å². The van der Waals surface area contributed by atoms with Crippen molar-refractivity contribution < 1.29 is 4.79 Å². The first kappa shape index (κ1) is 16.4. The molecular formula is C16H24BrN3O. The minimum Gasteiger partial charge on any atom is -0.343 e. The average molecular weight is 354 g/mol. The van der Waals surface area contributed by atoms with Crippen molar-refractivity contribution in [2.24, 2.45) is 5.92 Å². The Morgan fingerprint density at radius 3 is 2.86 bits per heavy atom. The van der Waals surface area contributed by atoms with E-state index in [4.69, 9.17) is 0 Å². The van der Waals surface area contributed by atoms with Crippen molar-refractivity contribution in [2.45, 2.75) is 33.2 Å². The third-order valence-corrected chi connectivity index (χ3v) is 4.53. The Kier molecular flexibility index (Phi) is 6.18. The largest absolute Gasteiger partial charge is 0.343 e. The molecule has 2 heterocycles. The second-order valence-electron chi connectivity index (χ2n) is 5.54. The molecule has 5 heteroatoms. The molecule has 21 heavy (non-hydrogen) atoms. The van der Waals surface area contributed by atoms with Gasteiger partial charge in [-0.2, -0.15) is 0 Å². The molecule has 1 aliphatic rings. The maximum Gasteiger partial charge on any atom is 0.226 e. The molecule has 1 atom stereocenters. The lowest BCUT2D eigenvalue weighted by molar-refractivity contribution is -0.137. The number of hydrogen-bond donors (Lipinski definition) is 0. The van der Waals surface area contributed by atoms with Crippen LogP contribution >= 0.6 is 15.9 Å². The summed E-state index contributed by atoms with van der Waals surface area (Å²) in [5.41, 5.74) is 1.06. The van der Waals surface area contributed by atoms with Crippen LogP contribution in [0.2, 0.25) is 0 Å². The Morgan fingerprint density at radius 2 is 2.19 bits per heavy atom. The number of carbonyl (C=O) groups is 1. The number of carbonyl (C=O) groups excluding carboxylic acids is 1. The maximum atomic E-state index is 12.5. The van der Waals surface area contributed by atoms with Gasteiger partial charge in [0.1, 0.15) is 4.60 Å². The van der Waals surface area contributed by atoms with Gasteiger partial charge in [-0.15, -0.1) is 0 Å². The molecule has 1 aliphatic heterocycles. The van der Waals surface area contributed by atoms with Crippen molar-refractivity contribution in [3.05, 3.63) is 28.5 Å². The fourth-order valence-corrected chi connectivity index (χ4v) is 3.34. The topological polar surface area (TPSA) is 36.4 Å². The summed E-state index contributed by atoms with van der Waals surface area (Å²) in [6, 6.07) is 5.99. The summed E-state index contributed by atoms with van der Waals surface area (Å²) in [6.07, 6.45) is 2.10. The lowest BCUT2D eigenvalue weighted by Crippen LogP contribution is -2.44. The van der Waals surface area contributed by atoms with Gasteiger partial charge in [-0.05, 0) is 61.3 Å². The predicted octanol–water partition coefficient (Wildman–Crippen LogP) is 2.92. The number of piperidine rings is 1. The minimum atomic E-state index is 0.144. The van der Waals surface area contributed by atoms with E-state index >= 15 is 0 Å². The van der Waals surface area contributed by atoms with Crippen molar-refractivity contribution >= 4 is 21.8 Å². The summed E-state index contributed by atoms with van der Waals surface area (Å²) in [5.74, 6) is 0.456. The van der Waals surface area contributed by atoms with E-state index in [2.05, 4.69) is 25.8 Å². The zero-order chi connectivity index (χ0) is 15.2. The van der Waals surface area contributed by atoms with Crippen LogP contribution in [0, 0.1) is 5.92 Å². The van der Waals surface area contributed by atoms with Gasteiger partial charge in [0.15, 0.2) is 0 Å². The van der Waals surface area contributed by atoms with Crippen LogP contribution in [0.25, 0.3) is 0 Å². The van der Waals surface area contributed by atoms with E-state index in [0.717, 1.165) is 55.9 Å². The number of hydrogen-bond acceptors (Lipinski definition) is 3. The number of pyridine rings is 1. The van der Waals surface area contributed by atoms with Gasteiger partial charge in [-0.1, -0.05) is 6.07 Å². The highest BCUT2D eigenvalue weighted by molar-refractivity contribution is 9.10. The molecule has 0 aliphatic carbocycles. The third kappa shape index (κ3) is 4.51. The van der Waals surface area contributed by atoms with Crippen molar-refractivity contribution in [1.82, 2.24) is 14.8 Å². The normalized spacial score (nSPS) is 19.5. The van der Waals surface area contributed by atoms with E-state index in [1.165, 1.54) is 0 Å². The van der Waals surface area contributed by atoms with Crippen LogP contribution in [-0.2, 0) is 11.3 Å². The Balaban J connectivity index is 1.96. The van der Waals surface area contributed by atoms with Crippen LogP contribution in [0.1, 0.15) is 32.4 Å². The quantitative estimate of drug-likeness (QED) is 0.763. The molecule has 0 N–H and O–H groups in total. The van der Waals surface area contributed by atoms with E-state index in [1.807, 2.05) is 36.9 Å². The molecule has 1 aromatic rings. The molecule has 2 rings (SSSR count). The molecular weight excluding hydrogens is 330 g/mol.